The Morgan fingerprint density at radius 1 is 1.03 bits per heavy atom. The second-order valence-corrected chi connectivity index (χ2v) is 10.3. The molecule has 7 rings (SSSR count). The van der Waals surface area contributed by atoms with E-state index >= 15 is 0 Å². The fraction of sp³-hybridized carbons (Fsp3) is 0.480. The first kappa shape index (κ1) is 19.6. The first-order chi connectivity index (χ1) is 15.4. The molecule has 0 spiro atoms. The van der Waals surface area contributed by atoms with E-state index in [1.807, 2.05) is 38.1 Å². The molecular formula is C25H27N5O2. The van der Waals surface area contributed by atoms with Gasteiger partial charge in [0.1, 0.15) is 5.69 Å². The van der Waals surface area contributed by atoms with Crippen LogP contribution < -0.4 is 5.32 Å². The topological polar surface area (TPSA) is 93.8 Å². The quantitative estimate of drug-likeness (QED) is 0.669. The minimum Gasteiger partial charge on any atom is -0.345 e. The van der Waals surface area contributed by atoms with Crippen molar-refractivity contribution in [2.45, 2.75) is 63.3 Å². The molecule has 3 aromatic heterocycles. The molecule has 3 heterocycles. The lowest BCUT2D eigenvalue weighted by Crippen LogP contribution is -2.64. The van der Waals surface area contributed by atoms with Gasteiger partial charge in [-0.05, 0) is 88.5 Å². The smallest absolute Gasteiger partial charge is 0.270 e. The van der Waals surface area contributed by atoms with Crippen LogP contribution in [0.5, 0.6) is 0 Å². The molecule has 0 aromatic carbocycles. The normalized spacial score (nSPS) is 30.4. The number of carbonyl (C=O) groups excluding carboxylic acids is 1. The van der Waals surface area contributed by atoms with Crippen molar-refractivity contribution >= 4 is 5.91 Å². The zero-order valence-electron chi connectivity index (χ0n) is 18.5. The number of nitrogens with one attached hydrogen (secondary N) is 1. The van der Waals surface area contributed by atoms with E-state index in [2.05, 4.69) is 20.4 Å². The average molecular weight is 430 g/mol. The Bertz CT molecular complexity index is 1170. The summed E-state index contributed by atoms with van der Waals surface area (Å²) in [6.07, 6.45) is 8.01. The molecule has 7 heteroatoms. The minimum absolute atomic E-state index is 0.0808. The van der Waals surface area contributed by atoms with Crippen LogP contribution in [0, 0.1) is 25.7 Å². The number of amides is 1. The lowest BCUT2D eigenvalue weighted by atomic mass is 9.46. The Morgan fingerprint density at radius 2 is 1.84 bits per heavy atom. The summed E-state index contributed by atoms with van der Waals surface area (Å²) in [5.41, 5.74) is 2.77. The summed E-state index contributed by atoms with van der Waals surface area (Å²) in [5.74, 6) is 2.36. The summed E-state index contributed by atoms with van der Waals surface area (Å²) in [6.45, 7) is 3.87. The third kappa shape index (κ3) is 3.22. The zero-order valence-corrected chi connectivity index (χ0v) is 18.5. The Hall–Kier alpha value is -3.09. The van der Waals surface area contributed by atoms with E-state index in [9.17, 15) is 4.79 Å². The highest BCUT2D eigenvalue weighted by atomic mass is 16.5. The standard InChI is InChI=1S/C25H27N5O2/c1-15-6-7-19(13-26-15)21-28-23(32-30-21)24-9-17-8-18(10-24)12-25(11-17,14-24)29-22(31)20-5-3-4-16(2)27-20/h3-7,13,17-18H,8-12,14H2,1-2H3,(H,29,31). The van der Waals surface area contributed by atoms with Crippen molar-refractivity contribution in [2.75, 3.05) is 0 Å². The van der Waals surface area contributed by atoms with Crippen LogP contribution in [0.15, 0.2) is 41.1 Å². The van der Waals surface area contributed by atoms with Crippen LogP contribution in [-0.4, -0.2) is 31.6 Å². The van der Waals surface area contributed by atoms with Gasteiger partial charge in [0.25, 0.3) is 5.91 Å². The largest absolute Gasteiger partial charge is 0.345 e. The minimum atomic E-state index is -0.230. The first-order valence-electron chi connectivity index (χ1n) is 11.5. The van der Waals surface area contributed by atoms with Gasteiger partial charge in [-0.1, -0.05) is 11.2 Å². The van der Waals surface area contributed by atoms with Crippen molar-refractivity contribution in [1.29, 1.82) is 0 Å². The number of aryl methyl sites for hydroxylation is 2. The summed E-state index contributed by atoms with van der Waals surface area (Å²) in [5, 5.41) is 7.70. The van der Waals surface area contributed by atoms with Gasteiger partial charge in [-0.2, -0.15) is 4.98 Å². The summed E-state index contributed by atoms with van der Waals surface area (Å²) >= 11 is 0. The molecule has 4 fully saturated rings. The fourth-order valence-corrected chi connectivity index (χ4v) is 6.79. The molecule has 0 saturated heterocycles. The van der Waals surface area contributed by atoms with Crippen LogP contribution in [0.3, 0.4) is 0 Å². The molecule has 1 N–H and O–H groups in total. The summed E-state index contributed by atoms with van der Waals surface area (Å²) in [7, 11) is 0. The molecule has 1 amide bonds. The molecule has 4 aliphatic carbocycles. The van der Waals surface area contributed by atoms with Crippen LogP contribution in [0.2, 0.25) is 0 Å². The maximum atomic E-state index is 13.1. The van der Waals surface area contributed by atoms with E-state index in [1.54, 1.807) is 12.3 Å². The van der Waals surface area contributed by atoms with E-state index < -0.39 is 0 Å². The Balaban J connectivity index is 1.30. The SMILES string of the molecule is Cc1ccc(-c2noc(C34CC5CC(CC(NC(=O)c6cccc(C)n6)(C5)C3)C4)n2)cn1. The first-order valence-corrected chi connectivity index (χ1v) is 11.5. The molecule has 7 nitrogen and oxygen atoms in total. The van der Waals surface area contributed by atoms with Gasteiger partial charge in [0.05, 0.1) is 5.41 Å². The van der Waals surface area contributed by atoms with Gasteiger partial charge in [-0.25, -0.2) is 4.98 Å². The van der Waals surface area contributed by atoms with Crippen LogP contribution in [-0.2, 0) is 5.41 Å². The van der Waals surface area contributed by atoms with E-state index in [-0.39, 0.29) is 16.9 Å². The highest BCUT2D eigenvalue weighted by Crippen LogP contribution is 2.62. The predicted molar refractivity (Wildman–Crippen MR) is 118 cm³/mol. The number of carbonyl (C=O) groups is 1. The van der Waals surface area contributed by atoms with Gasteiger partial charge >= 0.3 is 0 Å². The Labute approximate surface area is 187 Å². The number of nitrogens with zero attached hydrogens (tertiary/aromatic N) is 4. The Morgan fingerprint density at radius 3 is 2.56 bits per heavy atom. The molecule has 164 valence electrons. The molecular weight excluding hydrogens is 402 g/mol. The van der Waals surface area contributed by atoms with Crippen molar-refractivity contribution in [3.05, 3.63) is 59.5 Å². The van der Waals surface area contributed by atoms with Gasteiger partial charge in [-0.15, -0.1) is 0 Å². The molecule has 4 aliphatic rings. The molecule has 0 aliphatic heterocycles. The summed E-state index contributed by atoms with van der Waals surface area (Å²) < 4.78 is 5.87. The van der Waals surface area contributed by atoms with Crippen LogP contribution in [0.25, 0.3) is 11.4 Å². The van der Waals surface area contributed by atoms with Gasteiger partial charge in [0, 0.05) is 28.7 Å². The second-order valence-electron chi connectivity index (χ2n) is 10.3. The number of pyridine rings is 2. The molecule has 32 heavy (non-hydrogen) atoms. The van der Waals surface area contributed by atoms with Crippen LogP contribution in [0.1, 0.15) is 66.3 Å². The molecule has 4 bridgehead atoms. The van der Waals surface area contributed by atoms with Crippen molar-refractivity contribution in [2.24, 2.45) is 11.8 Å². The average Bonchev–Trinajstić information content (AvgIpc) is 3.24. The van der Waals surface area contributed by atoms with Crippen molar-refractivity contribution in [3.63, 3.8) is 0 Å². The van der Waals surface area contributed by atoms with Gasteiger partial charge in [-0.3, -0.25) is 9.78 Å². The van der Waals surface area contributed by atoms with E-state index in [4.69, 9.17) is 9.51 Å². The number of rotatable bonds is 4. The lowest BCUT2D eigenvalue weighted by molar-refractivity contribution is -0.0489. The van der Waals surface area contributed by atoms with E-state index in [0.717, 1.165) is 54.9 Å². The monoisotopic (exact) mass is 429 g/mol. The molecule has 4 saturated carbocycles. The lowest BCUT2D eigenvalue weighted by Gasteiger charge is -2.60. The number of hydrogen-bond acceptors (Lipinski definition) is 6. The molecule has 2 unspecified atom stereocenters. The van der Waals surface area contributed by atoms with Crippen molar-refractivity contribution in [3.8, 4) is 11.4 Å². The number of aromatic nitrogens is 4. The third-order valence-corrected chi connectivity index (χ3v) is 7.61. The third-order valence-electron chi connectivity index (χ3n) is 7.61. The van der Waals surface area contributed by atoms with Gasteiger partial charge < -0.3 is 9.84 Å². The Kier molecular flexibility index (Phi) is 4.26. The highest BCUT2D eigenvalue weighted by molar-refractivity contribution is 5.92. The van der Waals surface area contributed by atoms with Crippen molar-refractivity contribution in [1.82, 2.24) is 25.4 Å². The second kappa shape index (κ2) is 6.95. The van der Waals surface area contributed by atoms with Crippen molar-refractivity contribution < 1.29 is 9.32 Å². The molecule has 2 atom stereocenters. The highest BCUT2D eigenvalue weighted by Gasteiger charge is 2.61. The maximum absolute atomic E-state index is 13.1. The van der Waals surface area contributed by atoms with Crippen LogP contribution in [0.4, 0.5) is 0 Å². The van der Waals surface area contributed by atoms with E-state index in [0.29, 0.717) is 23.4 Å². The fourth-order valence-electron chi connectivity index (χ4n) is 6.79. The molecule has 0 radical (unpaired) electrons. The van der Waals surface area contributed by atoms with Crippen LogP contribution >= 0.6 is 0 Å². The van der Waals surface area contributed by atoms with Gasteiger partial charge in [0.2, 0.25) is 11.7 Å². The maximum Gasteiger partial charge on any atom is 0.270 e. The predicted octanol–water partition coefficient (Wildman–Crippen LogP) is 4.16. The van der Waals surface area contributed by atoms with E-state index in [1.165, 1.54) is 6.42 Å². The summed E-state index contributed by atoms with van der Waals surface area (Å²) in [4.78, 5) is 26.7. The zero-order chi connectivity index (χ0) is 21.9. The number of hydrogen-bond donors (Lipinski definition) is 1. The molecule has 3 aromatic rings. The van der Waals surface area contributed by atoms with Gasteiger partial charge in [0.15, 0.2) is 0 Å². The summed E-state index contributed by atoms with van der Waals surface area (Å²) in [6, 6.07) is 9.53.